The number of carbonyl (C=O) groups is 2. The molecule has 2 aliphatic heterocycles. The fourth-order valence-corrected chi connectivity index (χ4v) is 3.84. The van der Waals surface area contributed by atoms with Crippen molar-refractivity contribution in [1.82, 2.24) is 9.80 Å². The fourth-order valence-electron chi connectivity index (χ4n) is 3.84. The van der Waals surface area contributed by atoms with E-state index in [1.165, 1.54) is 5.56 Å². The summed E-state index contributed by atoms with van der Waals surface area (Å²) in [6.45, 7) is 7.31. The number of likely N-dealkylation sites (tertiary alicyclic amines) is 2. The van der Waals surface area contributed by atoms with Gasteiger partial charge in [-0.1, -0.05) is 0 Å². The highest BCUT2D eigenvalue weighted by Crippen LogP contribution is 2.32. The van der Waals surface area contributed by atoms with E-state index in [0.29, 0.717) is 31.7 Å². The standard InChI is InChI=1S/C17H26N2O3.C2HF3O2/c1-12-10-14(22-13(12)2)11-18-7-6-16-15(18)4-5-17(20)19(16)8-9-21-3;3-2(4,5)1(6)7/h10,15-16H,4-9,11H2,1-3H3;(H,6,7)/t15-,16-;/m1./s1. The molecule has 0 bridgehead atoms. The molecule has 2 saturated heterocycles. The molecule has 2 atom stereocenters. The molecule has 1 amide bonds. The van der Waals surface area contributed by atoms with Crippen LogP contribution in [0.15, 0.2) is 10.5 Å². The molecule has 1 aromatic heterocycles. The van der Waals surface area contributed by atoms with Gasteiger partial charge in [-0.15, -0.1) is 0 Å². The third-order valence-electron chi connectivity index (χ3n) is 5.35. The quantitative estimate of drug-likeness (QED) is 0.789. The number of rotatable bonds is 5. The molecule has 3 rings (SSSR count). The van der Waals surface area contributed by atoms with Gasteiger partial charge in [0.1, 0.15) is 11.5 Å². The van der Waals surface area contributed by atoms with Crippen LogP contribution in [0.1, 0.15) is 36.3 Å². The van der Waals surface area contributed by atoms with Gasteiger partial charge in [0, 0.05) is 38.7 Å². The first-order valence-electron chi connectivity index (χ1n) is 9.43. The second-order valence-electron chi connectivity index (χ2n) is 7.27. The monoisotopic (exact) mass is 420 g/mol. The molecule has 0 spiro atoms. The number of halogens is 3. The van der Waals surface area contributed by atoms with Crippen molar-refractivity contribution in [3.63, 3.8) is 0 Å². The summed E-state index contributed by atoms with van der Waals surface area (Å²) >= 11 is 0. The van der Waals surface area contributed by atoms with Crippen molar-refractivity contribution in [2.75, 3.05) is 26.8 Å². The Labute approximate surface area is 167 Å². The number of aryl methyl sites for hydroxylation is 2. The molecule has 1 aromatic rings. The van der Waals surface area contributed by atoms with Crippen LogP contribution in [0.4, 0.5) is 13.2 Å². The van der Waals surface area contributed by atoms with Crippen LogP contribution < -0.4 is 0 Å². The van der Waals surface area contributed by atoms with E-state index >= 15 is 0 Å². The Morgan fingerprint density at radius 2 is 1.97 bits per heavy atom. The van der Waals surface area contributed by atoms with Crippen molar-refractivity contribution in [2.24, 2.45) is 0 Å². The number of hydrogen-bond acceptors (Lipinski definition) is 5. The number of amides is 1. The predicted molar refractivity (Wildman–Crippen MR) is 97.3 cm³/mol. The van der Waals surface area contributed by atoms with Crippen molar-refractivity contribution in [1.29, 1.82) is 0 Å². The molecular formula is C19H27F3N2O5. The van der Waals surface area contributed by atoms with Gasteiger partial charge in [0.05, 0.1) is 13.2 Å². The Balaban J connectivity index is 0.000000370. The van der Waals surface area contributed by atoms with E-state index < -0.39 is 12.1 Å². The number of aliphatic carboxylic acids is 1. The summed E-state index contributed by atoms with van der Waals surface area (Å²) < 4.78 is 42.7. The zero-order valence-electron chi connectivity index (χ0n) is 16.8. The summed E-state index contributed by atoms with van der Waals surface area (Å²) in [5, 5.41) is 7.12. The van der Waals surface area contributed by atoms with E-state index in [1.54, 1.807) is 7.11 Å². The van der Waals surface area contributed by atoms with E-state index in [-0.39, 0.29) is 5.91 Å². The van der Waals surface area contributed by atoms with Gasteiger partial charge in [0.2, 0.25) is 5.91 Å². The van der Waals surface area contributed by atoms with Gasteiger partial charge in [-0.3, -0.25) is 9.69 Å². The molecule has 2 fully saturated rings. The Kier molecular flexibility index (Phi) is 7.70. The maximum Gasteiger partial charge on any atom is 0.490 e. The molecule has 7 nitrogen and oxygen atoms in total. The Morgan fingerprint density at radius 1 is 1.31 bits per heavy atom. The van der Waals surface area contributed by atoms with Gasteiger partial charge in [-0.25, -0.2) is 4.79 Å². The largest absolute Gasteiger partial charge is 0.490 e. The van der Waals surface area contributed by atoms with Crippen LogP contribution in [-0.4, -0.2) is 71.8 Å². The first-order valence-corrected chi connectivity index (χ1v) is 9.43. The molecule has 0 unspecified atom stereocenters. The normalized spacial score (nSPS) is 22.3. The number of piperidine rings is 1. The van der Waals surface area contributed by atoms with Crippen LogP contribution in [0.3, 0.4) is 0 Å². The van der Waals surface area contributed by atoms with E-state index in [2.05, 4.69) is 17.9 Å². The zero-order valence-corrected chi connectivity index (χ0v) is 16.8. The summed E-state index contributed by atoms with van der Waals surface area (Å²) in [6, 6.07) is 2.94. The minimum atomic E-state index is -5.08. The van der Waals surface area contributed by atoms with E-state index in [0.717, 1.165) is 37.5 Å². The SMILES string of the molecule is COCCN1C(=O)CC[C@@H]2[C@H]1CCN2Cc1cc(C)c(C)o1.O=C(O)C(F)(F)F. The molecule has 1 N–H and O–H groups in total. The van der Waals surface area contributed by atoms with Crippen LogP contribution >= 0.6 is 0 Å². The molecule has 164 valence electrons. The van der Waals surface area contributed by atoms with Crippen LogP contribution in [0.25, 0.3) is 0 Å². The number of fused-ring (bicyclic) bond motifs is 1. The third-order valence-corrected chi connectivity index (χ3v) is 5.35. The summed E-state index contributed by atoms with van der Waals surface area (Å²) in [7, 11) is 1.69. The van der Waals surface area contributed by atoms with Crippen molar-refractivity contribution < 1.29 is 37.0 Å². The Hall–Kier alpha value is -2.07. The number of methoxy groups -OCH3 is 1. The molecule has 10 heteroatoms. The number of carboxylic acid groups (broad SMARTS) is 1. The molecule has 0 radical (unpaired) electrons. The fraction of sp³-hybridized carbons (Fsp3) is 0.684. The molecule has 3 heterocycles. The van der Waals surface area contributed by atoms with Crippen LogP contribution in [0.5, 0.6) is 0 Å². The number of ether oxygens (including phenoxy) is 1. The highest BCUT2D eigenvalue weighted by atomic mass is 19.4. The van der Waals surface area contributed by atoms with Crippen molar-refractivity contribution in [2.45, 2.75) is 57.9 Å². The minimum Gasteiger partial charge on any atom is -0.475 e. The van der Waals surface area contributed by atoms with E-state index in [9.17, 15) is 18.0 Å². The van der Waals surface area contributed by atoms with E-state index in [4.69, 9.17) is 19.1 Å². The number of carbonyl (C=O) groups excluding carboxylic acids is 1. The van der Waals surface area contributed by atoms with Gasteiger partial charge in [0.15, 0.2) is 0 Å². The predicted octanol–water partition coefficient (Wildman–Crippen LogP) is 2.74. The summed E-state index contributed by atoms with van der Waals surface area (Å²) in [5.41, 5.74) is 1.21. The lowest BCUT2D eigenvalue weighted by molar-refractivity contribution is -0.192. The smallest absolute Gasteiger partial charge is 0.475 e. The topological polar surface area (TPSA) is 83.2 Å². The van der Waals surface area contributed by atoms with Crippen molar-refractivity contribution >= 4 is 11.9 Å². The molecule has 0 aliphatic carbocycles. The van der Waals surface area contributed by atoms with Gasteiger partial charge in [-0.2, -0.15) is 13.2 Å². The Morgan fingerprint density at radius 3 is 2.48 bits per heavy atom. The van der Waals surface area contributed by atoms with Gasteiger partial charge < -0.3 is 19.2 Å². The van der Waals surface area contributed by atoms with Gasteiger partial charge in [0.25, 0.3) is 0 Å². The lowest BCUT2D eigenvalue weighted by Crippen LogP contribution is -2.52. The first-order chi connectivity index (χ1) is 13.5. The average Bonchev–Trinajstić information content (AvgIpc) is 3.17. The highest BCUT2D eigenvalue weighted by molar-refractivity contribution is 5.77. The van der Waals surface area contributed by atoms with Crippen molar-refractivity contribution in [3.05, 3.63) is 23.2 Å². The number of nitrogens with zero attached hydrogens (tertiary/aromatic N) is 2. The first kappa shape index (κ1) is 23.2. The second-order valence-corrected chi connectivity index (χ2v) is 7.27. The highest BCUT2D eigenvalue weighted by Gasteiger charge is 2.43. The summed E-state index contributed by atoms with van der Waals surface area (Å²) in [5.74, 6) is -0.431. The third kappa shape index (κ3) is 5.96. The maximum absolute atomic E-state index is 12.2. The molecule has 2 aliphatic rings. The van der Waals surface area contributed by atoms with Crippen LogP contribution in [-0.2, 0) is 20.9 Å². The van der Waals surface area contributed by atoms with Crippen LogP contribution in [0.2, 0.25) is 0 Å². The molecule has 29 heavy (non-hydrogen) atoms. The Bertz CT molecular complexity index is 700. The van der Waals surface area contributed by atoms with Crippen LogP contribution in [0, 0.1) is 13.8 Å². The lowest BCUT2D eigenvalue weighted by atomic mass is 9.96. The van der Waals surface area contributed by atoms with Gasteiger partial charge in [-0.05, 0) is 38.3 Å². The number of hydrogen-bond donors (Lipinski definition) is 1. The molecular weight excluding hydrogens is 393 g/mol. The molecule has 0 aromatic carbocycles. The zero-order chi connectivity index (χ0) is 21.8. The van der Waals surface area contributed by atoms with Crippen molar-refractivity contribution in [3.8, 4) is 0 Å². The summed E-state index contributed by atoms with van der Waals surface area (Å²) in [6.07, 6.45) is -2.41. The average molecular weight is 420 g/mol. The second kappa shape index (κ2) is 9.62. The number of furan rings is 1. The number of alkyl halides is 3. The van der Waals surface area contributed by atoms with E-state index in [1.807, 2.05) is 11.8 Å². The molecule has 0 saturated carbocycles. The lowest BCUT2D eigenvalue weighted by Gasteiger charge is -2.39. The van der Waals surface area contributed by atoms with Gasteiger partial charge >= 0.3 is 12.1 Å². The number of carboxylic acids is 1. The maximum atomic E-state index is 12.2. The summed E-state index contributed by atoms with van der Waals surface area (Å²) in [4.78, 5) is 25.6. The minimum absolute atomic E-state index is 0.282.